The van der Waals surface area contributed by atoms with E-state index in [1.807, 2.05) is 22.8 Å². The van der Waals surface area contributed by atoms with E-state index in [4.69, 9.17) is 0 Å². The molecule has 0 atom stereocenters. The molecule has 0 N–H and O–H groups in total. The Labute approximate surface area is 140 Å². The molecule has 1 aliphatic carbocycles. The molecule has 0 bridgehead atoms. The predicted molar refractivity (Wildman–Crippen MR) is 94.4 cm³/mol. The molecule has 122 valence electrons. The first-order valence-electron chi connectivity index (χ1n) is 8.59. The molecule has 0 aliphatic heterocycles. The quantitative estimate of drug-likeness (QED) is 0.667. The summed E-state index contributed by atoms with van der Waals surface area (Å²) in [4.78, 5) is 9.07. The maximum atomic E-state index is 13.6. The smallest absolute Gasteiger partial charge is 0.139 e. The van der Waals surface area contributed by atoms with Gasteiger partial charge in [-0.1, -0.05) is 31.4 Å². The molecule has 0 unspecified atom stereocenters. The minimum atomic E-state index is -0.268. The summed E-state index contributed by atoms with van der Waals surface area (Å²) >= 11 is 0. The van der Waals surface area contributed by atoms with Gasteiger partial charge in [0.05, 0.1) is 11.0 Å². The number of pyridine rings is 1. The maximum Gasteiger partial charge on any atom is 0.139 e. The van der Waals surface area contributed by atoms with Crippen molar-refractivity contribution in [1.29, 1.82) is 0 Å². The predicted octanol–water partition coefficient (Wildman–Crippen LogP) is 5.15. The summed E-state index contributed by atoms with van der Waals surface area (Å²) in [5.74, 6) is 1.96. The topological polar surface area (TPSA) is 30.7 Å². The average Bonchev–Trinajstić information content (AvgIpc) is 2.99. The summed E-state index contributed by atoms with van der Waals surface area (Å²) in [7, 11) is 0. The van der Waals surface area contributed by atoms with Gasteiger partial charge in [0.1, 0.15) is 17.5 Å². The molecule has 0 amide bonds. The largest absolute Gasteiger partial charge is 0.277 e. The highest BCUT2D eigenvalue weighted by atomic mass is 19.1. The molecule has 3 aromatic rings. The summed E-state index contributed by atoms with van der Waals surface area (Å²) in [6, 6.07) is 10.5. The second-order valence-electron chi connectivity index (χ2n) is 6.38. The number of imidazole rings is 1. The molecule has 1 aromatic carbocycles. The monoisotopic (exact) mass is 321 g/mol. The van der Waals surface area contributed by atoms with Crippen LogP contribution >= 0.6 is 0 Å². The molecule has 2 aromatic heterocycles. The number of halogens is 1. The van der Waals surface area contributed by atoms with Crippen molar-refractivity contribution in [2.45, 2.75) is 32.1 Å². The minimum Gasteiger partial charge on any atom is -0.277 e. The van der Waals surface area contributed by atoms with E-state index < -0.39 is 0 Å². The van der Waals surface area contributed by atoms with E-state index in [0.29, 0.717) is 11.4 Å². The molecular formula is C20H20FN3. The van der Waals surface area contributed by atoms with Gasteiger partial charge in [-0.15, -0.1) is 0 Å². The summed E-state index contributed by atoms with van der Waals surface area (Å²) in [5.41, 5.74) is 1.53. The number of rotatable bonds is 3. The second kappa shape index (κ2) is 6.56. The fourth-order valence-corrected chi connectivity index (χ4v) is 3.46. The van der Waals surface area contributed by atoms with Crippen LogP contribution in [-0.4, -0.2) is 14.5 Å². The van der Waals surface area contributed by atoms with E-state index in [1.54, 1.807) is 12.3 Å². The molecule has 0 radical (unpaired) electrons. The Morgan fingerprint density at radius 2 is 1.96 bits per heavy atom. The summed E-state index contributed by atoms with van der Waals surface area (Å²) in [6.45, 7) is 0. The van der Waals surface area contributed by atoms with Crippen molar-refractivity contribution in [2.24, 2.45) is 5.92 Å². The van der Waals surface area contributed by atoms with Gasteiger partial charge in [0, 0.05) is 12.3 Å². The lowest BCUT2D eigenvalue weighted by Gasteiger charge is -2.17. The molecule has 3 nitrogen and oxygen atoms in total. The standard InChI is InChI=1S/C20H20FN3/c21-16-10-11-18-17(14-16)23-20(12-9-15-6-2-1-3-7-15)24(18)19-8-4-5-13-22-19/h4-5,8-15H,1-3,6-7H2/b12-9+. The Hall–Kier alpha value is -2.49. The molecule has 24 heavy (non-hydrogen) atoms. The molecule has 1 aliphatic rings. The third kappa shape index (κ3) is 2.96. The number of fused-ring (bicyclic) bond motifs is 1. The van der Waals surface area contributed by atoms with Crippen molar-refractivity contribution in [3.63, 3.8) is 0 Å². The van der Waals surface area contributed by atoms with Gasteiger partial charge in [0.15, 0.2) is 0 Å². The summed E-state index contributed by atoms with van der Waals surface area (Å²) in [6.07, 6.45) is 12.5. The number of aromatic nitrogens is 3. The highest BCUT2D eigenvalue weighted by Gasteiger charge is 2.14. The fraction of sp³-hybridized carbons (Fsp3) is 0.300. The molecule has 0 saturated heterocycles. The van der Waals surface area contributed by atoms with Crippen LogP contribution in [0.5, 0.6) is 0 Å². The van der Waals surface area contributed by atoms with Crippen LogP contribution in [-0.2, 0) is 0 Å². The van der Waals surface area contributed by atoms with Gasteiger partial charge in [-0.25, -0.2) is 14.4 Å². The first kappa shape index (κ1) is 15.1. The van der Waals surface area contributed by atoms with Gasteiger partial charge >= 0.3 is 0 Å². The van der Waals surface area contributed by atoms with Gasteiger partial charge in [0.25, 0.3) is 0 Å². The van der Waals surface area contributed by atoms with Crippen LogP contribution in [0, 0.1) is 11.7 Å². The number of hydrogen-bond acceptors (Lipinski definition) is 2. The Bertz CT molecular complexity index is 861. The molecule has 4 rings (SSSR count). The van der Waals surface area contributed by atoms with Crippen LogP contribution < -0.4 is 0 Å². The third-order valence-corrected chi connectivity index (χ3v) is 4.69. The maximum absolute atomic E-state index is 13.6. The zero-order valence-electron chi connectivity index (χ0n) is 13.5. The zero-order valence-corrected chi connectivity index (χ0v) is 13.5. The fourth-order valence-electron chi connectivity index (χ4n) is 3.46. The first-order valence-corrected chi connectivity index (χ1v) is 8.59. The van der Waals surface area contributed by atoms with E-state index in [2.05, 4.69) is 22.1 Å². The van der Waals surface area contributed by atoms with Crippen molar-refractivity contribution >= 4 is 17.1 Å². The zero-order chi connectivity index (χ0) is 16.4. The lowest BCUT2D eigenvalue weighted by molar-refractivity contribution is 0.420. The number of benzene rings is 1. The van der Waals surface area contributed by atoms with Gasteiger partial charge in [-0.05, 0) is 49.1 Å². The SMILES string of the molecule is Fc1ccc2c(c1)nc(/C=C/C1CCCCC1)n2-c1ccccn1. The average molecular weight is 321 g/mol. The van der Waals surface area contributed by atoms with Crippen molar-refractivity contribution in [3.8, 4) is 5.82 Å². The first-order chi connectivity index (χ1) is 11.8. The van der Waals surface area contributed by atoms with Gasteiger partial charge in [-0.3, -0.25) is 4.57 Å². The number of hydrogen-bond donors (Lipinski definition) is 0. The van der Waals surface area contributed by atoms with E-state index in [1.165, 1.54) is 44.2 Å². The van der Waals surface area contributed by atoms with E-state index in [-0.39, 0.29) is 5.82 Å². The summed E-state index contributed by atoms with van der Waals surface area (Å²) in [5, 5.41) is 0. The molecule has 4 heteroatoms. The third-order valence-electron chi connectivity index (χ3n) is 4.69. The van der Waals surface area contributed by atoms with Crippen LogP contribution in [0.15, 0.2) is 48.7 Å². The lowest BCUT2D eigenvalue weighted by Crippen LogP contribution is -2.03. The van der Waals surface area contributed by atoms with Crippen molar-refractivity contribution in [1.82, 2.24) is 14.5 Å². The Morgan fingerprint density at radius 1 is 1.08 bits per heavy atom. The molecule has 2 heterocycles. The normalized spacial score (nSPS) is 16.2. The van der Waals surface area contributed by atoms with Gasteiger partial charge in [0.2, 0.25) is 0 Å². The minimum absolute atomic E-state index is 0.268. The lowest BCUT2D eigenvalue weighted by atomic mass is 9.89. The van der Waals surface area contributed by atoms with Crippen molar-refractivity contribution < 1.29 is 4.39 Å². The molecule has 1 saturated carbocycles. The van der Waals surface area contributed by atoms with Crippen molar-refractivity contribution in [2.75, 3.05) is 0 Å². The van der Waals surface area contributed by atoms with Crippen molar-refractivity contribution in [3.05, 3.63) is 60.3 Å². The van der Waals surface area contributed by atoms with Gasteiger partial charge < -0.3 is 0 Å². The van der Waals surface area contributed by atoms with Crippen LogP contribution in [0.3, 0.4) is 0 Å². The van der Waals surface area contributed by atoms with E-state index in [0.717, 1.165) is 17.2 Å². The van der Waals surface area contributed by atoms with Crippen LogP contribution in [0.2, 0.25) is 0 Å². The Balaban J connectivity index is 1.80. The number of nitrogens with zero attached hydrogens (tertiary/aromatic N) is 3. The van der Waals surface area contributed by atoms with Gasteiger partial charge in [-0.2, -0.15) is 0 Å². The number of allylic oxidation sites excluding steroid dienone is 1. The second-order valence-corrected chi connectivity index (χ2v) is 6.38. The molecule has 0 spiro atoms. The highest BCUT2D eigenvalue weighted by molar-refractivity contribution is 5.80. The van der Waals surface area contributed by atoms with Crippen LogP contribution in [0.25, 0.3) is 22.9 Å². The summed E-state index contributed by atoms with van der Waals surface area (Å²) < 4.78 is 15.6. The van der Waals surface area contributed by atoms with E-state index in [9.17, 15) is 4.39 Å². The highest BCUT2D eigenvalue weighted by Crippen LogP contribution is 2.27. The Kier molecular flexibility index (Phi) is 4.11. The van der Waals surface area contributed by atoms with Crippen LogP contribution in [0.1, 0.15) is 37.9 Å². The van der Waals surface area contributed by atoms with Crippen LogP contribution in [0.4, 0.5) is 4.39 Å². The molecular weight excluding hydrogens is 301 g/mol. The van der Waals surface area contributed by atoms with E-state index >= 15 is 0 Å². The Morgan fingerprint density at radius 3 is 2.75 bits per heavy atom. The molecule has 1 fully saturated rings.